The summed E-state index contributed by atoms with van der Waals surface area (Å²) in [5, 5.41) is 8.05. The number of halogens is 3. The summed E-state index contributed by atoms with van der Waals surface area (Å²) < 4.78 is 38.1. The van der Waals surface area contributed by atoms with E-state index in [0.717, 1.165) is 18.2 Å². The molecule has 3 rings (SSSR count). The van der Waals surface area contributed by atoms with Crippen molar-refractivity contribution < 1.29 is 27.6 Å². The number of rotatable bonds is 5. The average molecular weight is 438 g/mol. The van der Waals surface area contributed by atoms with Gasteiger partial charge in [-0.1, -0.05) is 6.07 Å². The smallest absolute Gasteiger partial charge is 0.343 e. The third kappa shape index (κ3) is 5.30. The molecule has 0 fully saturated rings. The standard InChI is InChI=1S/C19H13F3N2O3S2/c20-19(21,22)12-2-1-3-13(8-12)24-18(27)17(26)23-9-14-4-5-15(29-14)16(25)11-6-7-28-10-11/h1-8,10H,9H2,(H,23,26)(H,24,27). The van der Waals surface area contributed by atoms with E-state index in [4.69, 9.17) is 0 Å². The highest BCUT2D eigenvalue weighted by atomic mass is 32.1. The quantitative estimate of drug-likeness (QED) is 0.460. The molecule has 0 spiro atoms. The van der Waals surface area contributed by atoms with E-state index in [1.54, 1.807) is 29.0 Å². The van der Waals surface area contributed by atoms with Crippen LogP contribution >= 0.6 is 22.7 Å². The molecule has 2 aromatic heterocycles. The monoisotopic (exact) mass is 438 g/mol. The molecule has 0 unspecified atom stereocenters. The number of benzene rings is 1. The van der Waals surface area contributed by atoms with Crippen LogP contribution in [0.25, 0.3) is 0 Å². The molecule has 150 valence electrons. The Morgan fingerprint density at radius 1 is 1.00 bits per heavy atom. The molecule has 2 heterocycles. The number of carbonyl (C=O) groups is 3. The van der Waals surface area contributed by atoms with Gasteiger partial charge in [-0.2, -0.15) is 24.5 Å². The van der Waals surface area contributed by atoms with Crippen molar-refractivity contribution in [2.45, 2.75) is 12.7 Å². The van der Waals surface area contributed by atoms with E-state index in [2.05, 4.69) is 10.6 Å². The van der Waals surface area contributed by atoms with Crippen LogP contribution in [0.2, 0.25) is 0 Å². The Bertz CT molecular complexity index is 1040. The normalized spacial score (nSPS) is 11.1. The number of amides is 2. The van der Waals surface area contributed by atoms with Crippen molar-refractivity contribution in [3.63, 3.8) is 0 Å². The molecule has 5 nitrogen and oxygen atoms in total. The second-order valence-corrected chi connectivity index (χ2v) is 7.77. The number of nitrogens with one attached hydrogen (secondary N) is 2. The Hall–Kier alpha value is -2.98. The summed E-state index contributed by atoms with van der Waals surface area (Å²) in [6.07, 6.45) is -4.56. The molecule has 0 aliphatic carbocycles. The molecular weight excluding hydrogens is 425 g/mol. The fourth-order valence-electron chi connectivity index (χ4n) is 2.34. The van der Waals surface area contributed by atoms with Crippen LogP contribution in [-0.2, 0) is 22.3 Å². The zero-order valence-electron chi connectivity index (χ0n) is 14.6. The minimum Gasteiger partial charge on any atom is -0.343 e. The summed E-state index contributed by atoms with van der Waals surface area (Å²) in [5.41, 5.74) is -0.496. The van der Waals surface area contributed by atoms with Gasteiger partial charge in [-0.05, 0) is 41.8 Å². The predicted molar refractivity (Wildman–Crippen MR) is 104 cm³/mol. The third-order valence-corrected chi connectivity index (χ3v) is 5.51. The van der Waals surface area contributed by atoms with Crippen LogP contribution in [0.1, 0.15) is 25.7 Å². The van der Waals surface area contributed by atoms with Crippen LogP contribution in [0.3, 0.4) is 0 Å². The van der Waals surface area contributed by atoms with Gasteiger partial charge >= 0.3 is 18.0 Å². The second kappa shape index (κ2) is 8.58. The lowest BCUT2D eigenvalue weighted by Crippen LogP contribution is -2.34. The van der Waals surface area contributed by atoms with Gasteiger partial charge in [0.25, 0.3) is 0 Å². The number of ketones is 1. The summed E-state index contributed by atoms with van der Waals surface area (Å²) in [4.78, 5) is 37.2. The molecule has 0 aliphatic heterocycles. The maximum absolute atomic E-state index is 12.7. The number of hydrogen-bond donors (Lipinski definition) is 2. The fraction of sp³-hybridized carbons (Fsp3) is 0.105. The van der Waals surface area contributed by atoms with E-state index in [-0.39, 0.29) is 18.0 Å². The lowest BCUT2D eigenvalue weighted by molar-refractivity contribution is -0.137. The number of anilines is 1. The highest BCUT2D eigenvalue weighted by Gasteiger charge is 2.30. The van der Waals surface area contributed by atoms with Gasteiger partial charge in [-0.15, -0.1) is 11.3 Å². The van der Waals surface area contributed by atoms with Gasteiger partial charge in [0.05, 0.1) is 17.0 Å². The Morgan fingerprint density at radius 2 is 1.79 bits per heavy atom. The van der Waals surface area contributed by atoms with Gasteiger partial charge in [0.2, 0.25) is 5.78 Å². The molecule has 0 saturated carbocycles. The van der Waals surface area contributed by atoms with E-state index in [1.165, 1.54) is 28.7 Å². The van der Waals surface area contributed by atoms with Crippen molar-refractivity contribution in [2.24, 2.45) is 0 Å². The van der Waals surface area contributed by atoms with Crippen molar-refractivity contribution in [3.05, 3.63) is 74.1 Å². The largest absolute Gasteiger partial charge is 0.416 e. The number of hydrogen-bond acceptors (Lipinski definition) is 5. The number of thiophene rings is 2. The lowest BCUT2D eigenvalue weighted by Gasteiger charge is -2.09. The van der Waals surface area contributed by atoms with E-state index >= 15 is 0 Å². The average Bonchev–Trinajstić information content (AvgIpc) is 3.37. The molecule has 10 heteroatoms. The van der Waals surface area contributed by atoms with E-state index in [1.807, 2.05) is 0 Å². The van der Waals surface area contributed by atoms with Gasteiger partial charge < -0.3 is 10.6 Å². The Kier molecular flexibility index (Phi) is 6.14. The van der Waals surface area contributed by atoms with Gasteiger partial charge in [0, 0.05) is 21.5 Å². The predicted octanol–water partition coefficient (Wildman–Crippen LogP) is 4.31. The van der Waals surface area contributed by atoms with Crippen LogP contribution in [-0.4, -0.2) is 17.6 Å². The van der Waals surface area contributed by atoms with Crippen molar-refractivity contribution >= 4 is 46.0 Å². The minimum atomic E-state index is -4.56. The van der Waals surface area contributed by atoms with Gasteiger partial charge in [0.1, 0.15) is 0 Å². The molecule has 2 N–H and O–H groups in total. The zero-order valence-corrected chi connectivity index (χ0v) is 16.2. The minimum absolute atomic E-state index is 0.0103. The van der Waals surface area contributed by atoms with Gasteiger partial charge in [-0.3, -0.25) is 14.4 Å². The summed E-state index contributed by atoms with van der Waals surface area (Å²) >= 11 is 2.59. The fourth-order valence-corrected chi connectivity index (χ4v) is 3.89. The molecule has 0 atom stereocenters. The Morgan fingerprint density at radius 3 is 2.48 bits per heavy atom. The summed E-state index contributed by atoms with van der Waals surface area (Å²) in [7, 11) is 0. The maximum atomic E-state index is 12.7. The van der Waals surface area contributed by atoms with Crippen molar-refractivity contribution in [1.82, 2.24) is 5.32 Å². The second-order valence-electron chi connectivity index (χ2n) is 5.82. The van der Waals surface area contributed by atoms with Crippen LogP contribution < -0.4 is 10.6 Å². The van der Waals surface area contributed by atoms with Gasteiger partial charge in [-0.25, -0.2) is 0 Å². The highest BCUT2D eigenvalue weighted by molar-refractivity contribution is 7.14. The molecule has 1 aromatic carbocycles. The summed E-state index contributed by atoms with van der Waals surface area (Å²) in [6, 6.07) is 9.00. The first-order chi connectivity index (χ1) is 13.7. The van der Waals surface area contributed by atoms with Crippen LogP contribution in [0.5, 0.6) is 0 Å². The molecular formula is C19H13F3N2O3S2. The van der Waals surface area contributed by atoms with Crippen molar-refractivity contribution in [1.29, 1.82) is 0 Å². The summed E-state index contributed by atoms with van der Waals surface area (Å²) in [5.74, 6) is -2.21. The first kappa shape index (κ1) is 20.7. The molecule has 0 aliphatic rings. The SMILES string of the molecule is O=C(NCc1ccc(C(=O)c2ccsc2)s1)C(=O)Nc1cccc(C(F)(F)F)c1. The van der Waals surface area contributed by atoms with Crippen molar-refractivity contribution in [3.8, 4) is 0 Å². The molecule has 2 amide bonds. The van der Waals surface area contributed by atoms with Gasteiger partial charge in [0.15, 0.2) is 0 Å². The van der Waals surface area contributed by atoms with E-state index < -0.39 is 23.6 Å². The number of carbonyl (C=O) groups excluding carboxylic acids is 3. The molecule has 0 bridgehead atoms. The van der Waals surface area contributed by atoms with Crippen LogP contribution in [0.15, 0.2) is 53.2 Å². The molecule has 3 aromatic rings. The first-order valence-electron chi connectivity index (χ1n) is 8.16. The molecule has 0 radical (unpaired) electrons. The third-order valence-electron chi connectivity index (χ3n) is 3.75. The molecule has 29 heavy (non-hydrogen) atoms. The van der Waals surface area contributed by atoms with Crippen molar-refractivity contribution in [2.75, 3.05) is 5.32 Å². The first-order valence-corrected chi connectivity index (χ1v) is 9.92. The topological polar surface area (TPSA) is 75.3 Å². The van der Waals surface area contributed by atoms with E-state index in [9.17, 15) is 27.6 Å². The molecule has 0 saturated heterocycles. The summed E-state index contributed by atoms with van der Waals surface area (Å²) in [6.45, 7) is 0.0103. The maximum Gasteiger partial charge on any atom is 0.416 e. The lowest BCUT2D eigenvalue weighted by atomic mass is 10.2. The Balaban J connectivity index is 1.56. The van der Waals surface area contributed by atoms with Crippen LogP contribution in [0, 0.1) is 0 Å². The number of alkyl halides is 3. The Labute approximate surface area is 171 Å². The highest BCUT2D eigenvalue weighted by Crippen LogP contribution is 2.30. The van der Waals surface area contributed by atoms with E-state index in [0.29, 0.717) is 15.3 Å². The zero-order chi connectivity index (χ0) is 21.0. The van der Waals surface area contributed by atoms with Crippen LogP contribution in [0.4, 0.5) is 18.9 Å².